The predicted molar refractivity (Wildman–Crippen MR) is 88.9 cm³/mol. The third kappa shape index (κ3) is 2.84. The number of oxazole rings is 1. The molecule has 3 aromatic rings. The molecule has 0 unspecified atom stereocenters. The highest BCUT2D eigenvalue weighted by Crippen LogP contribution is 2.33. The maximum Gasteiger partial charge on any atom is 0.331 e. The highest BCUT2D eigenvalue weighted by molar-refractivity contribution is 5.55. The van der Waals surface area contributed by atoms with Crippen molar-refractivity contribution in [3.63, 3.8) is 0 Å². The molecule has 7 nitrogen and oxygen atoms in total. The molecule has 0 bridgehead atoms. The van der Waals surface area contributed by atoms with E-state index in [0.29, 0.717) is 11.3 Å². The van der Waals surface area contributed by atoms with Crippen molar-refractivity contribution >= 4 is 0 Å². The first-order valence-corrected chi connectivity index (χ1v) is 8.03. The lowest BCUT2D eigenvalue weighted by Gasteiger charge is -2.08. The van der Waals surface area contributed by atoms with Crippen molar-refractivity contribution < 1.29 is 8.81 Å². The largest absolute Gasteiger partial charge is 0.439 e. The smallest absolute Gasteiger partial charge is 0.331 e. The fourth-order valence-electron chi connectivity index (χ4n) is 2.72. The van der Waals surface area contributed by atoms with Gasteiger partial charge in [-0.15, -0.1) is 0 Å². The van der Waals surface area contributed by atoms with Gasteiger partial charge in [-0.3, -0.25) is 9.36 Å². The summed E-state index contributed by atoms with van der Waals surface area (Å²) in [6.07, 6.45) is 4.45. The zero-order valence-corrected chi connectivity index (χ0v) is 13.6. The minimum absolute atomic E-state index is 0.0285. The molecule has 2 aromatic heterocycles. The average molecular weight is 352 g/mol. The van der Waals surface area contributed by atoms with E-state index in [0.717, 1.165) is 17.4 Å². The predicted octanol–water partition coefficient (Wildman–Crippen LogP) is 2.06. The number of hydrogen-bond donors (Lipinski definition) is 0. The van der Waals surface area contributed by atoms with Gasteiger partial charge < -0.3 is 4.42 Å². The Bertz CT molecular complexity index is 1130. The first-order valence-electron chi connectivity index (χ1n) is 8.03. The van der Waals surface area contributed by atoms with E-state index in [1.165, 1.54) is 29.1 Å². The number of aromatic nitrogens is 3. The lowest BCUT2D eigenvalue weighted by atomic mass is 10.2. The van der Waals surface area contributed by atoms with Crippen LogP contribution in [-0.4, -0.2) is 14.1 Å². The second-order valence-corrected chi connectivity index (χ2v) is 6.09. The van der Waals surface area contributed by atoms with Crippen LogP contribution in [0.3, 0.4) is 0 Å². The van der Waals surface area contributed by atoms with Crippen LogP contribution in [0.1, 0.15) is 30.3 Å². The van der Waals surface area contributed by atoms with Crippen LogP contribution in [0.5, 0.6) is 0 Å². The Morgan fingerprint density at radius 1 is 1.27 bits per heavy atom. The Morgan fingerprint density at radius 2 is 2.00 bits per heavy atom. The molecule has 0 amide bonds. The molecule has 1 aliphatic rings. The normalized spacial score (nSPS) is 13.5. The van der Waals surface area contributed by atoms with Crippen molar-refractivity contribution in [2.45, 2.75) is 25.4 Å². The van der Waals surface area contributed by atoms with Crippen molar-refractivity contribution in [3.8, 4) is 17.4 Å². The van der Waals surface area contributed by atoms with Gasteiger partial charge in [0.2, 0.25) is 5.89 Å². The molecule has 0 radical (unpaired) electrons. The van der Waals surface area contributed by atoms with Gasteiger partial charge in [-0.25, -0.2) is 18.7 Å². The van der Waals surface area contributed by atoms with E-state index in [1.807, 2.05) is 6.07 Å². The fourth-order valence-corrected chi connectivity index (χ4v) is 2.72. The highest BCUT2D eigenvalue weighted by Gasteiger charge is 2.27. The fraction of sp³-hybridized carbons (Fsp3) is 0.222. The number of nitriles is 1. The van der Waals surface area contributed by atoms with Gasteiger partial charge in [0.15, 0.2) is 5.76 Å². The Labute approximate surface area is 146 Å². The van der Waals surface area contributed by atoms with Gasteiger partial charge in [0.1, 0.15) is 24.0 Å². The summed E-state index contributed by atoms with van der Waals surface area (Å²) in [6, 6.07) is 7.54. The van der Waals surface area contributed by atoms with E-state index < -0.39 is 11.2 Å². The van der Waals surface area contributed by atoms with Gasteiger partial charge in [-0.1, -0.05) is 0 Å². The zero-order valence-electron chi connectivity index (χ0n) is 13.6. The summed E-state index contributed by atoms with van der Waals surface area (Å²) < 4.78 is 21.0. The summed E-state index contributed by atoms with van der Waals surface area (Å²) >= 11 is 0. The Morgan fingerprint density at radius 3 is 2.65 bits per heavy atom. The first-order chi connectivity index (χ1) is 12.6. The number of halogens is 1. The second kappa shape index (κ2) is 6.11. The number of nitrogens with zero attached hydrogens (tertiary/aromatic N) is 4. The van der Waals surface area contributed by atoms with E-state index in [2.05, 4.69) is 4.98 Å². The summed E-state index contributed by atoms with van der Waals surface area (Å²) in [5, 5.41) is 9.15. The van der Waals surface area contributed by atoms with Gasteiger partial charge in [-0.05, 0) is 37.1 Å². The van der Waals surface area contributed by atoms with E-state index in [-0.39, 0.29) is 29.9 Å². The van der Waals surface area contributed by atoms with Crippen molar-refractivity contribution in [1.29, 1.82) is 5.26 Å². The Hall–Kier alpha value is -3.47. The first kappa shape index (κ1) is 16.0. The molecule has 8 heteroatoms. The third-order valence-corrected chi connectivity index (χ3v) is 4.23. The molecule has 1 aromatic carbocycles. The summed E-state index contributed by atoms with van der Waals surface area (Å²) in [7, 11) is 0. The molecule has 0 spiro atoms. The molecule has 0 atom stereocenters. The van der Waals surface area contributed by atoms with Crippen LogP contribution in [0, 0.1) is 17.1 Å². The van der Waals surface area contributed by atoms with Gasteiger partial charge in [0.25, 0.3) is 5.56 Å². The van der Waals surface area contributed by atoms with Crippen LogP contribution in [-0.2, 0) is 6.54 Å². The lowest BCUT2D eigenvalue weighted by Crippen LogP contribution is -2.41. The molecule has 0 saturated heterocycles. The Kier molecular flexibility index (Phi) is 3.77. The molecule has 2 heterocycles. The van der Waals surface area contributed by atoms with Crippen LogP contribution in [0.25, 0.3) is 11.3 Å². The standard InChI is InChI=1S/C18H13FN4O3/c19-13-3-1-11(2-4-13)15-8-21-16(26-15)10-23-17(24)12(7-20)9-22(18(23)25)14-5-6-14/h1-4,8-9,14H,5-6,10H2. The van der Waals surface area contributed by atoms with Gasteiger partial charge in [-0.2, -0.15) is 5.26 Å². The quantitative estimate of drug-likeness (QED) is 0.716. The molecule has 0 aliphatic heterocycles. The average Bonchev–Trinajstić information content (AvgIpc) is 3.37. The number of rotatable bonds is 4. The van der Waals surface area contributed by atoms with E-state index in [1.54, 1.807) is 12.1 Å². The monoisotopic (exact) mass is 352 g/mol. The minimum atomic E-state index is -0.670. The van der Waals surface area contributed by atoms with Crippen LogP contribution in [0.2, 0.25) is 0 Å². The number of hydrogen-bond acceptors (Lipinski definition) is 5. The molecule has 0 N–H and O–H groups in total. The maximum absolute atomic E-state index is 13.0. The third-order valence-electron chi connectivity index (χ3n) is 4.23. The summed E-state index contributed by atoms with van der Waals surface area (Å²) in [6.45, 7) is -0.179. The van der Waals surface area contributed by atoms with Crippen molar-refractivity contribution in [2.75, 3.05) is 0 Å². The minimum Gasteiger partial charge on any atom is -0.439 e. The van der Waals surface area contributed by atoms with Gasteiger partial charge in [0.05, 0.1) is 6.20 Å². The van der Waals surface area contributed by atoms with Crippen LogP contribution in [0.15, 0.2) is 50.7 Å². The molecule has 1 aliphatic carbocycles. The Balaban J connectivity index is 1.71. The summed E-state index contributed by atoms with van der Waals surface area (Å²) in [5.74, 6) is 0.182. The van der Waals surface area contributed by atoms with E-state index in [9.17, 15) is 14.0 Å². The summed E-state index contributed by atoms with van der Waals surface area (Å²) in [5.41, 5.74) is -0.630. The molecule has 4 rings (SSSR count). The maximum atomic E-state index is 13.0. The zero-order chi connectivity index (χ0) is 18.3. The van der Waals surface area contributed by atoms with E-state index >= 15 is 0 Å². The van der Waals surface area contributed by atoms with Gasteiger partial charge >= 0.3 is 5.69 Å². The SMILES string of the molecule is N#Cc1cn(C2CC2)c(=O)n(Cc2ncc(-c3ccc(F)cc3)o2)c1=O. The molecule has 26 heavy (non-hydrogen) atoms. The topological polar surface area (TPSA) is 93.8 Å². The van der Waals surface area contributed by atoms with Crippen LogP contribution < -0.4 is 11.2 Å². The molecular weight excluding hydrogens is 339 g/mol. The highest BCUT2D eigenvalue weighted by atomic mass is 19.1. The van der Waals surface area contributed by atoms with E-state index in [4.69, 9.17) is 9.68 Å². The van der Waals surface area contributed by atoms with Crippen LogP contribution >= 0.6 is 0 Å². The second-order valence-electron chi connectivity index (χ2n) is 6.09. The van der Waals surface area contributed by atoms with Crippen molar-refractivity contribution in [3.05, 3.63) is 74.8 Å². The van der Waals surface area contributed by atoms with Gasteiger partial charge in [0, 0.05) is 17.8 Å². The lowest BCUT2D eigenvalue weighted by molar-refractivity contribution is 0.468. The molecule has 1 fully saturated rings. The van der Waals surface area contributed by atoms with Crippen molar-refractivity contribution in [1.82, 2.24) is 14.1 Å². The number of benzene rings is 1. The molecule has 1 saturated carbocycles. The van der Waals surface area contributed by atoms with Crippen LogP contribution in [0.4, 0.5) is 4.39 Å². The molecular formula is C18H13FN4O3. The van der Waals surface area contributed by atoms with Crippen molar-refractivity contribution in [2.24, 2.45) is 0 Å². The summed E-state index contributed by atoms with van der Waals surface area (Å²) in [4.78, 5) is 29.0. The molecule has 130 valence electrons.